The van der Waals surface area contributed by atoms with Gasteiger partial charge >= 0.3 is 0 Å². The average molecular weight is 228 g/mol. The van der Waals surface area contributed by atoms with Crippen LogP contribution in [0.4, 0.5) is 0 Å². The highest BCUT2D eigenvalue weighted by molar-refractivity contribution is 5.96. The van der Waals surface area contributed by atoms with E-state index >= 15 is 0 Å². The van der Waals surface area contributed by atoms with Gasteiger partial charge in [0.15, 0.2) is 0 Å². The van der Waals surface area contributed by atoms with Crippen LogP contribution in [0, 0.1) is 11.8 Å². The molecular weight excluding hydrogens is 208 g/mol. The van der Waals surface area contributed by atoms with E-state index in [4.69, 9.17) is 11.7 Å². The summed E-state index contributed by atoms with van der Waals surface area (Å²) >= 11 is 0. The number of amides is 2. The molecule has 0 spiro atoms. The molecule has 0 saturated carbocycles. The number of hydrogen-bond donors (Lipinski definition) is 2. The number of carbonyl (C=O) groups excluding carboxylic acids is 2. The molecule has 16 heavy (non-hydrogen) atoms. The Hall–Kier alpha value is -1.14. The maximum atomic E-state index is 12.0. The quantitative estimate of drug-likeness (QED) is 0.490. The van der Waals surface area contributed by atoms with Crippen LogP contribution in [-0.4, -0.2) is 33.9 Å². The Balaban J connectivity index is 3.04. The lowest BCUT2D eigenvalue weighted by Gasteiger charge is -2.43. The van der Waals surface area contributed by atoms with E-state index in [9.17, 15) is 9.59 Å². The number of nitrogens with two attached hydrogens (primary N) is 2. The third-order valence-electron chi connectivity index (χ3n) is 2.88. The molecular formula is C10H20N4O2. The van der Waals surface area contributed by atoms with Crippen molar-refractivity contribution in [1.82, 2.24) is 10.0 Å². The first-order chi connectivity index (χ1) is 7.29. The molecule has 2 atom stereocenters. The highest BCUT2D eigenvalue weighted by Crippen LogP contribution is 2.22. The maximum absolute atomic E-state index is 12.0. The second-order valence-corrected chi connectivity index (χ2v) is 4.87. The summed E-state index contributed by atoms with van der Waals surface area (Å²) in [7, 11) is 0. The van der Waals surface area contributed by atoms with E-state index in [2.05, 4.69) is 0 Å². The van der Waals surface area contributed by atoms with Gasteiger partial charge in [0, 0.05) is 0 Å². The van der Waals surface area contributed by atoms with Gasteiger partial charge in [-0.2, -0.15) is 0 Å². The van der Waals surface area contributed by atoms with Gasteiger partial charge in [0.2, 0.25) is 0 Å². The fourth-order valence-corrected chi connectivity index (χ4v) is 2.03. The molecule has 0 aromatic carbocycles. The van der Waals surface area contributed by atoms with E-state index in [0.717, 1.165) is 10.0 Å². The first-order valence-electron chi connectivity index (χ1n) is 5.44. The summed E-state index contributed by atoms with van der Waals surface area (Å²) in [5, 5.41) is 2.06. The van der Waals surface area contributed by atoms with Crippen molar-refractivity contribution in [3.8, 4) is 0 Å². The predicted octanol–water partition coefficient (Wildman–Crippen LogP) is -0.546. The Morgan fingerprint density at radius 1 is 0.875 bits per heavy atom. The third kappa shape index (κ3) is 1.90. The summed E-state index contributed by atoms with van der Waals surface area (Å²) in [4.78, 5) is 23.9. The van der Waals surface area contributed by atoms with Crippen molar-refractivity contribution in [2.75, 3.05) is 0 Å². The molecule has 0 bridgehead atoms. The van der Waals surface area contributed by atoms with Crippen LogP contribution >= 0.6 is 0 Å². The van der Waals surface area contributed by atoms with E-state index in [0.29, 0.717) is 0 Å². The van der Waals surface area contributed by atoms with Gasteiger partial charge in [-0.1, -0.05) is 27.7 Å². The normalized spacial score (nSPS) is 27.2. The van der Waals surface area contributed by atoms with Gasteiger partial charge in [0.1, 0.15) is 12.1 Å². The first-order valence-corrected chi connectivity index (χ1v) is 5.44. The number of carbonyl (C=O) groups is 2. The fourth-order valence-electron chi connectivity index (χ4n) is 2.03. The van der Waals surface area contributed by atoms with E-state index in [1.165, 1.54) is 0 Å². The summed E-state index contributed by atoms with van der Waals surface area (Å²) in [6, 6.07) is -1.32. The molecule has 1 saturated heterocycles. The van der Waals surface area contributed by atoms with Gasteiger partial charge < -0.3 is 0 Å². The van der Waals surface area contributed by atoms with Crippen molar-refractivity contribution in [3.63, 3.8) is 0 Å². The SMILES string of the molecule is CC(C)C1C(=O)N(N)C(C(C)C)C(=O)N1N. The van der Waals surface area contributed by atoms with Crippen LogP contribution in [0.2, 0.25) is 0 Å². The van der Waals surface area contributed by atoms with Crippen LogP contribution < -0.4 is 11.7 Å². The molecule has 92 valence electrons. The van der Waals surface area contributed by atoms with Crippen molar-refractivity contribution >= 4 is 11.8 Å². The lowest BCUT2D eigenvalue weighted by Crippen LogP contribution is -2.71. The van der Waals surface area contributed by atoms with Gasteiger partial charge in [-0.25, -0.2) is 11.7 Å². The molecule has 1 heterocycles. The minimum atomic E-state index is -0.660. The molecule has 6 heteroatoms. The topological polar surface area (TPSA) is 92.7 Å². The predicted molar refractivity (Wildman–Crippen MR) is 59.3 cm³/mol. The highest BCUT2D eigenvalue weighted by atomic mass is 16.2. The standard InChI is InChI=1S/C10H20N4O2/c1-5(2)7-9(15)14(12)8(6(3)4)10(16)13(7)11/h5-8H,11-12H2,1-4H3. The maximum Gasteiger partial charge on any atom is 0.261 e. The molecule has 0 aliphatic carbocycles. The summed E-state index contributed by atoms with van der Waals surface area (Å²) in [5.41, 5.74) is 0. The molecule has 0 aromatic heterocycles. The molecule has 6 nitrogen and oxygen atoms in total. The summed E-state index contributed by atoms with van der Waals surface area (Å²) in [6.07, 6.45) is 0. The zero-order chi connectivity index (χ0) is 12.6. The number of piperazine rings is 1. The summed E-state index contributed by atoms with van der Waals surface area (Å²) < 4.78 is 0. The average Bonchev–Trinajstić information content (AvgIpc) is 2.14. The van der Waals surface area contributed by atoms with Gasteiger partial charge in [0.25, 0.3) is 11.8 Å². The lowest BCUT2D eigenvalue weighted by atomic mass is 9.94. The molecule has 2 unspecified atom stereocenters. The van der Waals surface area contributed by atoms with Crippen LogP contribution in [0.5, 0.6) is 0 Å². The first kappa shape index (κ1) is 12.9. The van der Waals surface area contributed by atoms with E-state index < -0.39 is 12.1 Å². The van der Waals surface area contributed by atoms with Crippen molar-refractivity contribution in [2.24, 2.45) is 23.5 Å². The Labute approximate surface area is 95.5 Å². The number of hydrogen-bond acceptors (Lipinski definition) is 4. The molecule has 0 radical (unpaired) electrons. The number of hydrazine groups is 2. The van der Waals surface area contributed by atoms with Gasteiger partial charge in [-0.05, 0) is 11.8 Å². The Morgan fingerprint density at radius 3 is 1.31 bits per heavy atom. The fraction of sp³-hybridized carbons (Fsp3) is 0.800. The second kappa shape index (κ2) is 4.39. The molecule has 0 aromatic rings. The van der Waals surface area contributed by atoms with E-state index in [1.807, 2.05) is 27.7 Å². The van der Waals surface area contributed by atoms with Crippen molar-refractivity contribution in [1.29, 1.82) is 0 Å². The van der Waals surface area contributed by atoms with Crippen molar-refractivity contribution in [3.05, 3.63) is 0 Å². The van der Waals surface area contributed by atoms with Gasteiger partial charge in [0.05, 0.1) is 0 Å². The van der Waals surface area contributed by atoms with Crippen LogP contribution in [0.1, 0.15) is 27.7 Å². The van der Waals surface area contributed by atoms with Gasteiger partial charge in [-0.3, -0.25) is 19.6 Å². The van der Waals surface area contributed by atoms with Crippen LogP contribution in [0.15, 0.2) is 0 Å². The smallest absolute Gasteiger partial charge is 0.261 e. The summed E-state index contributed by atoms with van der Waals surface area (Å²) in [6.45, 7) is 7.33. The molecule has 1 rings (SSSR count). The largest absolute Gasteiger partial charge is 0.271 e. The van der Waals surface area contributed by atoms with E-state index in [1.54, 1.807) is 0 Å². The Morgan fingerprint density at radius 2 is 1.12 bits per heavy atom. The molecule has 1 fully saturated rings. The molecule has 4 N–H and O–H groups in total. The molecule has 1 aliphatic heterocycles. The number of rotatable bonds is 2. The second-order valence-electron chi connectivity index (χ2n) is 4.87. The van der Waals surface area contributed by atoms with Crippen molar-refractivity contribution < 1.29 is 9.59 Å². The Bertz CT molecular complexity index is 273. The highest BCUT2D eigenvalue weighted by Gasteiger charge is 2.46. The van der Waals surface area contributed by atoms with Crippen LogP contribution in [-0.2, 0) is 9.59 Å². The summed E-state index contributed by atoms with van der Waals surface area (Å²) in [5.74, 6) is 10.7. The van der Waals surface area contributed by atoms with Crippen molar-refractivity contribution in [2.45, 2.75) is 39.8 Å². The molecule has 1 aliphatic rings. The molecule has 2 amide bonds. The minimum Gasteiger partial charge on any atom is -0.271 e. The van der Waals surface area contributed by atoms with Gasteiger partial charge in [-0.15, -0.1) is 0 Å². The zero-order valence-corrected chi connectivity index (χ0v) is 10.2. The third-order valence-corrected chi connectivity index (χ3v) is 2.88. The number of nitrogens with zero attached hydrogens (tertiary/aromatic N) is 2. The lowest BCUT2D eigenvalue weighted by molar-refractivity contribution is -0.166. The Kier molecular flexibility index (Phi) is 3.54. The van der Waals surface area contributed by atoms with Crippen LogP contribution in [0.3, 0.4) is 0 Å². The minimum absolute atomic E-state index is 0.0550. The van der Waals surface area contributed by atoms with E-state index in [-0.39, 0.29) is 23.7 Å². The zero-order valence-electron chi connectivity index (χ0n) is 10.2. The van der Waals surface area contributed by atoms with Crippen LogP contribution in [0.25, 0.3) is 0 Å². The monoisotopic (exact) mass is 228 g/mol.